The van der Waals surface area contributed by atoms with Gasteiger partial charge in [-0.25, -0.2) is 0 Å². The van der Waals surface area contributed by atoms with Gasteiger partial charge in [-0.15, -0.1) is 0 Å². The molecule has 0 atom stereocenters. The number of amides is 2. The monoisotopic (exact) mass is 335 g/mol. The van der Waals surface area contributed by atoms with E-state index in [1.807, 2.05) is 0 Å². The van der Waals surface area contributed by atoms with E-state index in [0.717, 1.165) is 19.3 Å². The van der Waals surface area contributed by atoms with Gasteiger partial charge >= 0.3 is 0 Å². The SMILES string of the molecule is CCCCCCCCCCCCCCCCCC1=CC(=O)NC1=O. The molecule has 138 valence electrons. The molecule has 3 nitrogen and oxygen atoms in total. The lowest BCUT2D eigenvalue weighted by atomic mass is 10.0. The summed E-state index contributed by atoms with van der Waals surface area (Å²) in [6.07, 6.45) is 22.3. The fourth-order valence-electron chi connectivity index (χ4n) is 3.32. The molecule has 2 amide bonds. The molecule has 0 spiro atoms. The molecular weight excluding hydrogens is 298 g/mol. The topological polar surface area (TPSA) is 46.2 Å². The fraction of sp³-hybridized carbons (Fsp3) is 0.810. The highest BCUT2D eigenvalue weighted by molar-refractivity contribution is 6.16. The smallest absolute Gasteiger partial charge is 0.254 e. The van der Waals surface area contributed by atoms with Crippen LogP contribution in [0.4, 0.5) is 0 Å². The van der Waals surface area contributed by atoms with Crippen LogP contribution in [-0.2, 0) is 9.59 Å². The highest BCUT2D eigenvalue weighted by Crippen LogP contribution is 2.16. The van der Waals surface area contributed by atoms with Gasteiger partial charge in [0.2, 0.25) is 0 Å². The van der Waals surface area contributed by atoms with Crippen molar-refractivity contribution in [3.05, 3.63) is 11.6 Å². The number of imide groups is 1. The second-order valence-corrected chi connectivity index (χ2v) is 7.19. The van der Waals surface area contributed by atoms with Crippen LogP contribution in [0.1, 0.15) is 110 Å². The second-order valence-electron chi connectivity index (χ2n) is 7.19. The Hall–Kier alpha value is -1.12. The Bertz CT molecular complexity index is 387. The molecule has 1 aliphatic rings. The predicted octanol–water partition coefficient (Wildman–Crippen LogP) is 5.83. The van der Waals surface area contributed by atoms with Gasteiger partial charge in [0.1, 0.15) is 0 Å². The first-order valence-corrected chi connectivity index (χ1v) is 10.3. The lowest BCUT2D eigenvalue weighted by molar-refractivity contribution is -0.123. The highest BCUT2D eigenvalue weighted by atomic mass is 16.2. The maximum atomic E-state index is 11.4. The molecular formula is C21H37NO2. The molecule has 24 heavy (non-hydrogen) atoms. The zero-order valence-corrected chi connectivity index (χ0v) is 15.7. The van der Waals surface area contributed by atoms with Gasteiger partial charge in [0.05, 0.1) is 0 Å². The van der Waals surface area contributed by atoms with Crippen LogP contribution in [0, 0.1) is 0 Å². The summed E-state index contributed by atoms with van der Waals surface area (Å²) < 4.78 is 0. The van der Waals surface area contributed by atoms with Crippen molar-refractivity contribution in [2.45, 2.75) is 110 Å². The molecule has 1 rings (SSSR count). The maximum Gasteiger partial charge on any atom is 0.254 e. The predicted molar refractivity (Wildman–Crippen MR) is 101 cm³/mol. The zero-order valence-electron chi connectivity index (χ0n) is 15.7. The summed E-state index contributed by atoms with van der Waals surface area (Å²) in [5.74, 6) is -0.443. The summed E-state index contributed by atoms with van der Waals surface area (Å²) in [6.45, 7) is 2.27. The van der Waals surface area contributed by atoms with Crippen LogP contribution in [0.25, 0.3) is 0 Å². The molecule has 0 radical (unpaired) electrons. The van der Waals surface area contributed by atoms with E-state index < -0.39 is 0 Å². The molecule has 1 heterocycles. The molecule has 1 aliphatic heterocycles. The van der Waals surface area contributed by atoms with E-state index in [1.165, 1.54) is 89.5 Å². The molecule has 1 N–H and O–H groups in total. The molecule has 0 saturated heterocycles. The van der Waals surface area contributed by atoms with E-state index >= 15 is 0 Å². The summed E-state index contributed by atoms with van der Waals surface area (Å²) in [5, 5.41) is 2.30. The molecule has 0 aliphatic carbocycles. The van der Waals surface area contributed by atoms with Crippen molar-refractivity contribution in [1.82, 2.24) is 5.32 Å². The largest absolute Gasteiger partial charge is 0.289 e. The fourth-order valence-corrected chi connectivity index (χ4v) is 3.32. The molecule has 0 bridgehead atoms. The summed E-state index contributed by atoms with van der Waals surface area (Å²) in [5.41, 5.74) is 0.662. The summed E-state index contributed by atoms with van der Waals surface area (Å²) in [6, 6.07) is 0. The first-order valence-electron chi connectivity index (χ1n) is 10.3. The molecule has 3 heteroatoms. The second kappa shape index (κ2) is 14.2. The van der Waals surface area contributed by atoms with Crippen LogP contribution in [0.3, 0.4) is 0 Å². The van der Waals surface area contributed by atoms with Crippen LogP contribution in [-0.4, -0.2) is 11.8 Å². The highest BCUT2D eigenvalue weighted by Gasteiger charge is 2.19. The van der Waals surface area contributed by atoms with E-state index in [9.17, 15) is 9.59 Å². The number of carbonyl (C=O) groups is 2. The van der Waals surface area contributed by atoms with E-state index in [-0.39, 0.29) is 11.8 Å². The third kappa shape index (κ3) is 10.6. The Morgan fingerprint density at radius 1 is 0.667 bits per heavy atom. The van der Waals surface area contributed by atoms with Crippen LogP contribution in [0.15, 0.2) is 11.6 Å². The average molecular weight is 336 g/mol. The van der Waals surface area contributed by atoms with Crippen molar-refractivity contribution in [3.8, 4) is 0 Å². The summed E-state index contributed by atoms with van der Waals surface area (Å²) >= 11 is 0. The van der Waals surface area contributed by atoms with Gasteiger partial charge in [0.25, 0.3) is 11.8 Å². The Labute approximate surface area is 148 Å². The minimum absolute atomic E-state index is 0.189. The molecule has 0 aromatic rings. The molecule has 0 aromatic heterocycles. The van der Waals surface area contributed by atoms with E-state index in [4.69, 9.17) is 0 Å². The number of hydrogen-bond donors (Lipinski definition) is 1. The van der Waals surface area contributed by atoms with Crippen LogP contribution in [0.5, 0.6) is 0 Å². The Balaban J connectivity index is 1.76. The number of hydrogen-bond acceptors (Lipinski definition) is 2. The lowest BCUT2D eigenvalue weighted by Crippen LogP contribution is -2.22. The molecule has 0 saturated carbocycles. The molecule has 0 fully saturated rings. The Morgan fingerprint density at radius 2 is 1.08 bits per heavy atom. The zero-order chi connectivity index (χ0) is 17.5. The quantitative estimate of drug-likeness (QED) is 0.285. The number of nitrogens with one attached hydrogen (secondary N) is 1. The van der Waals surface area contributed by atoms with Gasteiger partial charge in [-0.3, -0.25) is 14.9 Å². The van der Waals surface area contributed by atoms with Crippen molar-refractivity contribution in [2.24, 2.45) is 0 Å². The Kier molecular flexibility index (Phi) is 12.4. The van der Waals surface area contributed by atoms with Crippen molar-refractivity contribution < 1.29 is 9.59 Å². The number of rotatable bonds is 16. The van der Waals surface area contributed by atoms with Crippen LogP contribution >= 0.6 is 0 Å². The van der Waals surface area contributed by atoms with Gasteiger partial charge in [-0.2, -0.15) is 0 Å². The lowest BCUT2D eigenvalue weighted by Gasteiger charge is -2.03. The minimum Gasteiger partial charge on any atom is -0.289 e. The third-order valence-electron chi connectivity index (χ3n) is 4.88. The Morgan fingerprint density at radius 3 is 1.46 bits per heavy atom. The molecule has 0 aromatic carbocycles. The number of carbonyl (C=O) groups excluding carboxylic acids is 2. The first-order chi connectivity index (χ1) is 11.7. The van der Waals surface area contributed by atoms with Crippen LogP contribution in [0.2, 0.25) is 0 Å². The first kappa shape index (κ1) is 20.9. The van der Waals surface area contributed by atoms with E-state index in [0.29, 0.717) is 5.57 Å². The van der Waals surface area contributed by atoms with E-state index in [1.54, 1.807) is 0 Å². The van der Waals surface area contributed by atoms with Gasteiger partial charge in [-0.1, -0.05) is 96.8 Å². The van der Waals surface area contributed by atoms with E-state index in [2.05, 4.69) is 12.2 Å². The minimum atomic E-state index is -0.254. The van der Waals surface area contributed by atoms with Crippen LogP contribution < -0.4 is 5.32 Å². The van der Waals surface area contributed by atoms with Crippen molar-refractivity contribution in [2.75, 3.05) is 0 Å². The van der Waals surface area contributed by atoms with Gasteiger partial charge in [0.15, 0.2) is 0 Å². The van der Waals surface area contributed by atoms with Crippen molar-refractivity contribution in [1.29, 1.82) is 0 Å². The van der Waals surface area contributed by atoms with Gasteiger partial charge in [0, 0.05) is 11.6 Å². The van der Waals surface area contributed by atoms with Crippen molar-refractivity contribution >= 4 is 11.8 Å². The van der Waals surface area contributed by atoms with Crippen molar-refractivity contribution in [3.63, 3.8) is 0 Å². The van der Waals surface area contributed by atoms with Gasteiger partial charge < -0.3 is 0 Å². The summed E-state index contributed by atoms with van der Waals surface area (Å²) in [4.78, 5) is 22.4. The normalized spacial score (nSPS) is 14.1. The standard InChI is InChI=1S/C21H37NO2/c1-2-3-4-5-6-7-8-9-10-11-12-13-14-15-16-17-19-18-20(23)22-21(19)24/h18H,2-17H2,1H3,(H,22,23,24). The molecule has 0 unspecified atom stereocenters. The summed E-state index contributed by atoms with van der Waals surface area (Å²) in [7, 11) is 0. The maximum absolute atomic E-state index is 11.4. The average Bonchev–Trinajstić information content (AvgIpc) is 2.88. The van der Waals surface area contributed by atoms with Gasteiger partial charge in [-0.05, 0) is 12.8 Å². The number of unbranched alkanes of at least 4 members (excludes halogenated alkanes) is 14. The third-order valence-corrected chi connectivity index (χ3v) is 4.88.